The fraction of sp³-hybridized carbons (Fsp3) is 0.579. The van der Waals surface area contributed by atoms with E-state index in [1.807, 2.05) is 13.0 Å². The van der Waals surface area contributed by atoms with E-state index < -0.39 is 0 Å². The van der Waals surface area contributed by atoms with Crippen LogP contribution in [0, 0.1) is 0 Å². The zero-order valence-corrected chi connectivity index (χ0v) is 13.3. The molecule has 3 aliphatic rings. The van der Waals surface area contributed by atoms with E-state index in [0.717, 1.165) is 42.8 Å². The molecule has 1 atom stereocenters. The number of para-hydroxylation sites is 1. The zero-order chi connectivity index (χ0) is 15.0. The van der Waals surface area contributed by atoms with Crippen LogP contribution in [0.4, 0.5) is 0 Å². The molecule has 0 bridgehead atoms. The van der Waals surface area contributed by atoms with Gasteiger partial charge in [0.2, 0.25) is 0 Å². The fourth-order valence-corrected chi connectivity index (χ4v) is 4.14. The summed E-state index contributed by atoms with van der Waals surface area (Å²) in [5, 5.41) is 0. The molecule has 0 N–H and O–H groups in total. The first-order valence-corrected chi connectivity index (χ1v) is 8.63. The van der Waals surface area contributed by atoms with Crippen LogP contribution in [-0.4, -0.2) is 18.5 Å². The standard InChI is InChI=1S/C19H24O3/c1-2-20-17-11-10-15-18(21-17)14-8-4-5-9-16(14)22-19(15)12-6-3-7-13-19/h4-5,8-9,17H,2-3,6-7,10-13H2,1H3. The Morgan fingerprint density at radius 3 is 2.82 bits per heavy atom. The first kappa shape index (κ1) is 14.1. The smallest absolute Gasteiger partial charge is 0.200 e. The molecule has 0 saturated heterocycles. The topological polar surface area (TPSA) is 27.7 Å². The average Bonchev–Trinajstić information content (AvgIpc) is 2.56. The van der Waals surface area contributed by atoms with Gasteiger partial charge in [0, 0.05) is 18.6 Å². The molecule has 0 aromatic heterocycles. The molecule has 2 heterocycles. The lowest BCUT2D eigenvalue weighted by Gasteiger charge is -2.46. The van der Waals surface area contributed by atoms with Gasteiger partial charge in [-0.3, -0.25) is 0 Å². The van der Waals surface area contributed by atoms with Gasteiger partial charge in [-0.05, 0) is 51.2 Å². The maximum absolute atomic E-state index is 6.55. The van der Waals surface area contributed by atoms with E-state index >= 15 is 0 Å². The van der Waals surface area contributed by atoms with E-state index in [1.54, 1.807) is 0 Å². The summed E-state index contributed by atoms with van der Waals surface area (Å²) in [5.41, 5.74) is 2.35. The van der Waals surface area contributed by atoms with Crippen molar-refractivity contribution in [1.29, 1.82) is 0 Å². The lowest BCUT2D eigenvalue weighted by Crippen LogP contribution is -2.45. The van der Waals surface area contributed by atoms with Crippen LogP contribution < -0.4 is 4.74 Å². The maximum atomic E-state index is 6.55. The summed E-state index contributed by atoms with van der Waals surface area (Å²) in [5.74, 6) is 2.01. The number of hydrogen-bond donors (Lipinski definition) is 0. The molecule has 1 aromatic rings. The van der Waals surface area contributed by atoms with Gasteiger partial charge in [0.1, 0.15) is 17.1 Å². The van der Waals surface area contributed by atoms with Crippen molar-refractivity contribution in [3.05, 3.63) is 35.4 Å². The molecule has 0 radical (unpaired) electrons. The molecular weight excluding hydrogens is 276 g/mol. The Bertz CT molecular complexity index is 584. The van der Waals surface area contributed by atoms with E-state index in [4.69, 9.17) is 14.2 Å². The minimum atomic E-state index is -0.126. The quantitative estimate of drug-likeness (QED) is 0.794. The zero-order valence-electron chi connectivity index (χ0n) is 13.3. The normalized spacial score (nSPS) is 26.0. The van der Waals surface area contributed by atoms with Gasteiger partial charge in [-0.2, -0.15) is 0 Å². The molecule has 1 unspecified atom stereocenters. The summed E-state index contributed by atoms with van der Waals surface area (Å²) in [6.45, 7) is 2.71. The van der Waals surface area contributed by atoms with Crippen LogP contribution in [0.15, 0.2) is 29.8 Å². The molecule has 118 valence electrons. The van der Waals surface area contributed by atoms with E-state index in [9.17, 15) is 0 Å². The summed E-state index contributed by atoms with van der Waals surface area (Å²) in [6, 6.07) is 8.28. The van der Waals surface area contributed by atoms with Crippen LogP contribution in [0.1, 0.15) is 57.4 Å². The van der Waals surface area contributed by atoms with Gasteiger partial charge in [0.15, 0.2) is 6.29 Å². The van der Waals surface area contributed by atoms with E-state index in [1.165, 1.54) is 24.8 Å². The van der Waals surface area contributed by atoms with Crippen molar-refractivity contribution in [2.45, 2.75) is 63.8 Å². The van der Waals surface area contributed by atoms with E-state index in [0.29, 0.717) is 6.61 Å². The minimum Gasteiger partial charge on any atom is -0.482 e. The average molecular weight is 300 g/mol. The number of hydrogen-bond acceptors (Lipinski definition) is 3. The molecule has 3 nitrogen and oxygen atoms in total. The highest BCUT2D eigenvalue weighted by molar-refractivity contribution is 5.73. The second-order valence-corrected chi connectivity index (χ2v) is 6.50. The van der Waals surface area contributed by atoms with Crippen LogP contribution in [0.5, 0.6) is 5.75 Å². The predicted octanol–water partition coefficient (Wildman–Crippen LogP) is 4.67. The molecule has 1 saturated carbocycles. The largest absolute Gasteiger partial charge is 0.482 e. The van der Waals surface area contributed by atoms with Crippen molar-refractivity contribution in [1.82, 2.24) is 0 Å². The minimum absolute atomic E-state index is 0.115. The van der Waals surface area contributed by atoms with Crippen molar-refractivity contribution >= 4 is 5.76 Å². The molecule has 1 aromatic carbocycles. The highest BCUT2D eigenvalue weighted by Crippen LogP contribution is 2.51. The third-order valence-electron chi connectivity index (χ3n) is 5.15. The Labute approximate surface area is 132 Å². The molecule has 1 fully saturated rings. The third-order valence-corrected chi connectivity index (χ3v) is 5.15. The Morgan fingerprint density at radius 2 is 2.00 bits per heavy atom. The van der Waals surface area contributed by atoms with Gasteiger partial charge in [-0.1, -0.05) is 18.6 Å². The molecule has 1 spiro atoms. The van der Waals surface area contributed by atoms with Crippen molar-refractivity contribution in [2.24, 2.45) is 0 Å². The summed E-state index contributed by atoms with van der Waals surface area (Å²) in [4.78, 5) is 0. The summed E-state index contributed by atoms with van der Waals surface area (Å²) >= 11 is 0. The van der Waals surface area contributed by atoms with Crippen LogP contribution in [-0.2, 0) is 9.47 Å². The second-order valence-electron chi connectivity index (χ2n) is 6.50. The molecule has 3 heteroatoms. The maximum Gasteiger partial charge on any atom is 0.200 e. The molecule has 1 aliphatic carbocycles. The fourth-order valence-electron chi connectivity index (χ4n) is 4.14. The Hall–Kier alpha value is -1.48. The van der Waals surface area contributed by atoms with Crippen LogP contribution in [0.25, 0.3) is 5.76 Å². The number of rotatable bonds is 2. The third kappa shape index (κ3) is 2.23. The SMILES string of the molecule is CCOC1CCC2=C(O1)c1ccccc1OC21CCCCC1. The van der Waals surface area contributed by atoms with Crippen LogP contribution >= 0.6 is 0 Å². The molecule has 0 amide bonds. The first-order chi connectivity index (χ1) is 10.8. The molecule has 2 aliphatic heterocycles. The Morgan fingerprint density at radius 1 is 1.18 bits per heavy atom. The molecule has 4 rings (SSSR count). The highest BCUT2D eigenvalue weighted by atomic mass is 16.7. The van der Waals surface area contributed by atoms with Crippen molar-refractivity contribution in [3.63, 3.8) is 0 Å². The van der Waals surface area contributed by atoms with Crippen LogP contribution in [0.2, 0.25) is 0 Å². The van der Waals surface area contributed by atoms with Gasteiger partial charge >= 0.3 is 0 Å². The molecule has 22 heavy (non-hydrogen) atoms. The van der Waals surface area contributed by atoms with Gasteiger partial charge in [-0.15, -0.1) is 0 Å². The lowest BCUT2D eigenvalue weighted by atomic mass is 9.74. The second kappa shape index (κ2) is 5.62. The number of ether oxygens (including phenoxy) is 3. The van der Waals surface area contributed by atoms with E-state index in [-0.39, 0.29) is 11.9 Å². The van der Waals surface area contributed by atoms with Crippen molar-refractivity contribution < 1.29 is 14.2 Å². The molecular formula is C19H24O3. The van der Waals surface area contributed by atoms with Crippen LogP contribution in [0.3, 0.4) is 0 Å². The van der Waals surface area contributed by atoms with Gasteiger partial charge in [0.25, 0.3) is 0 Å². The Balaban J connectivity index is 1.78. The summed E-state index contributed by atoms with van der Waals surface area (Å²) in [7, 11) is 0. The number of fused-ring (bicyclic) bond motifs is 3. The summed E-state index contributed by atoms with van der Waals surface area (Å²) in [6.07, 6.45) is 7.87. The monoisotopic (exact) mass is 300 g/mol. The van der Waals surface area contributed by atoms with Gasteiger partial charge < -0.3 is 14.2 Å². The lowest BCUT2D eigenvalue weighted by molar-refractivity contribution is -0.108. The number of benzene rings is 1. The first-order valence-electron chi connectivity index (χ1n) is 8.63. The van der Waals surface area contributed by atoms with E-state index in [2.05, 4.69) is 18.2 Å². The van der Waals surface area contributed by atoms with Crippen molar-refractivity contribution in [2.75, 3.05) is 6.61 Å². The highest BCUT2D eigenvalue weighted by Gasteiger charge is 2.46. The predicted molar refractivity (Wildman–Crippen MR) is 85.5 cm³/mol. The summed E-state index contributed by atoms with van der Waals surface area (Å²) < 4.78 is 18.5. The van der Waals surface area contributed by atoms with Gasteiger partial charge in [0.05, 0.1) is 5.56 Å². The van der Waals surface area contributed by atoms with Gasteiger partial charge in [-0.25, -0.2) is 0 Å². The Kier molecular flexibility index (Phi) is 3.61. The van der Waals surface area contributed by atoms with Crippen molar-refractivity contribution in [3.8, 4) is 5.75 Å².